The molecule has 1 atom stereocenters. The fourth-order valence-electron chi connectivity index (χ4n) is 2.70. The molecule has 1 unspecified atom stereocenters. The number of carbonyl (C=O) groups is 1. The molecule has 0 saturated carbocycles. The SMILES string of the molecule is CCOC(=O)/C=C1/C(c2ccc(C(F)(F)F)cc2)=NOC1c1ccccc1. The van der Waals surface area contributed by atoms with Gasteiger partial charge in [-0.05, 0) is 24.6 Å². The Morgan fingerprint density at radius 1 is 1.15 bits per heavy atom. The van der Waals surface area contributed by atoms with Crippen LogP contribution in [0.15, 0.2) is 71.4 Å². The Bertz CT molecular complexity index is 872. The maximum atomic E-state index is 12.8. The van der Waals surface area contributed by atoms with Gasteiger partial charge in [0.15, 0.2) is 6.10 Å². The zero-order valence-electron chi connectivity index (χ0n) is 14.4. The van der Waals surface area contributed by atoms with E-state index in [1.165, 1.54) is 18.2 Å². The predicted molar refractivity (Wildman–Crippen MR) is 93.0 cm³/mol. The molecule has 0 spiro atoms. The first-order valence-corrected chi connectivity index (χ1v) is 8.25. The number of esters is 1. The maximum absolute atomic E-state index is 12.8. The molecule has 1 heterocycles. The third kappa shape index (κ3) is 4.19. The summed E-state index contributed by atoms with van der Waals surface area (Å²) in [4.78, 5) is 17.5. The number of alkyl halides is 3. The number of benzene rings is 2. The van der Waals surface area contributed by atoms with Crippen LogP contribution in [-0.2, 0) is 20.5 Å². The first-order valence-electron chi connectivity index (χ1n) is 8.25. The summed E-state index contributed by atoms with van der Waals surface area (Å²) in [6, 6.07) is 13.6. The van der Waals surface area contributed by atoms with Gasteiger partial charge in [0.1, 0.15) is 5.71 Å². The molecule has 0 bridgehead atoms. The second-order valence-electron chi connectivity index (χ2n) is 5.76. The lowest BCUT2D eigenvalue weighted by Gasteiger charge is -2.12. The van der Waals surface area contributed by atoms with Gasteiger partial charge in [-0.1, -0.05) is 47.6 Å². The van der Waals surface area contributed by atoms with E-state index in [2.05, 4.69) is 5.16 Å². The van der Waals surface area contributed by atoms with Crippen molar-refractivity contribution in [3.8, 4) is 0 Å². The van der Waals surface area contributed by atoms with Gasteiger partial charge in [0.05, 0.1) is 12.2 Å². The second kappa shape index (κ2) is 7.65. The van der Waals surface area contributed by atoms with E-state index in [9.17, 15) is 18.0 Å². The average Bonchev–Trinajstić information content (AvgIpc) is 3.05. The van der Waals surface area contributed by atoms with Crippen molar-refractivity contribution in [3.05, 3.63) is 82.9 Å². The molecule has 2 aromatic rings. The summed E-state index contributed by atoms with van der Waals surface area (Å²) in [6.07, 6.45) is -3.80. The molecule has 0 amide bonds. The molecule has 0 fully saturated rings. The fraction of sp³-hybridized carbons (Fsp3) is 0.200. The van der Waals surface area contributed by atoms with Gasteiger partial charge < -0.3 is 9.57 Å². The molecule has 0 saturated heterocycles. The quantitative estimate of drug-likeness (QED) is 0.576. The monoisotopic (exact) mass is 375 g/mol. The molecule has 0 radical (unpaired) electrons. The third-order valence-electron chi connectivity index (χ3n) is 3.95. The number of hydrogen-bond acceptors (Lipinski definition) is 4. The van der Waals surface area contributed by atoms with Crippen LogP contribution in [0.1, 0.15) is 29.7 Å². The number of ether oxygens (including phenoxy) is 1. The lowest BCUT2D eigenvalue weighted by atomic mass is 9.93. The van der Waals surface area contributed by atoms with Crippen molar-refractivity contribution in [2.45, 2.75) is 19.2 Å². The van der Waals surface area contributed by atoms with E-state index in [0.29, 0.717) is 16.8 Å². The zero-order chi connectivity index (χ0) is 19.4. The van der Waals surface area contributed by atoms with E-state index < -0.39 is 23.8 Å². The number of oxime groups is 1. The Kier molecular flexibility index (Phi) is 5.30. The van der Waals surface area contributed by atoms with Crippen molar-refractivity contribution in [2.24, 2.45) is 5.16 Å². The smallest absolute Gasteiger partial charge is 0.416 e. The first kappa shape index (κ1) is 18.7. The lowest BCUT2D eigenvalue weighted by Crippen LogP contribution is -2.11. The van der Waals surface area contributed by atoms with Crippen molar-refractivity contribution in [2.75, 3.05) is 6.61 Å². The van der Waals surface area contributed by atoms with Crippen LogP contribution < -0.4 is 0 Å². The van der Waals surface area contributed by atoms with Crippen molar-refractivity contribution in [1.82, 2.24) is 0 Å². The molecule has 27 heavy (non-hydrogen) atoms. The summed E-state index contributed by atoms with van der Waals surface area (Å²) in [5, 5.41) is 4.01. The van der Waals surface area contributed by atoms with E-state index in [4.69, 9.17) is 9.57 Å². The van der Waals surface area contributed by atoms with Crippen LogP contribution in [-0.4, -0.2) is 18.3 Å². The van der Waals surface area contributed by atoms with Crippen LogP contribution >= 0.6 is 0 Å². The molecule has 0 aromatic heterocycles. The van der Waals surface area contributed by atoms with Crippen molar-refractivity contribution < 1.29 is 27.5 Å². The van der Waals surface area contributed by atoms with Gasteiger partial charge in [-0.2, -0.15) is 13.2 Å². The molecule has 140 valence electrons. The Balaban J connectivity index is 1.97. The van der Waals surface area contributed by atoms with E-state index in [-0.39, 0.29) is 6.61 Å². The van der Waals surface area contributed by atoms with Crippen LogP contribution in [0.5, 0.6) is 0 Å². The Morgan fingerprint density at radius 2 is 1.81 bits per heavy atom. The van der Waals surface area contributed by atoms with Gasteiger partial charge in [0, 0.05) is 17.2 Å². The third-order valence-corrected chi connectivity index (χ3v) is 3.95. The number of hydrogen-bond donors (Lipinski definition) is 0. The Morgan fingerprint density at radius 3 is 2.41 bits per heavy atom. The Hall–Kier alpha value is -3.09. The van der Waals surface area contributed by atoms with Crippen molar-refractivity contribution in [3.63, 3.8) is 0 Å². The molecule has 2 aromatic carbocycles. The van der Waals surface area contributed by atoms with Crippen LogP contribution in [0.25, 0.3) is 0 Å². The molecule has 1 aliphatic heterocycles. The maximum Gasteiger partial charge on any atom is 0.416 e. The highest BCUT2D eigenvalue weighted by Crippen LogP contribution is 2.35. The van der Waals surface area contributed by atoms with Gasteiger partial charge in [-0.15, -0.1) is 0 Å². The normalized spacial score (nSPS) is 18.1. The van der Waals surface area contributed by atoms with E-state index in [1.54, 1.807) is 6.92 Å². The lowest BCUT2D eigenvalue weighted by molar-refractivity contribution is -0.138. The van der Waals surface area contributed by atoms with E-state index in [0.717, 1.165) is 17.7 Å². The molecular formula is C20H16F3NO3. The van der Waals surface area contributed by atoms with Gasteiger partial charge in [-0.25, -0.2) is 4.79 Å². The van der Waals surface area contributed by atoms with Crippen molar-refractivity contribution >= 4 is 11.7 Å². The molecule has 7 heteroatoms. The van der Waals surface area contributed by atoms with E-state index >= 15 is 0 Å². The minimum Gasteiger partial charge on any atom is -0.463 e. The van der Waals surface area contributed by atoms with Crippen LogP contribution in [0, 0.1) is 0 Å². The number of nitrogens with zero attached hydrogens (tertiary/aromatic N) is 1. The summed E-state index contributed by atoms with van der Waals surface area (Å²) in [6.45, 7) is 1.88. The second-order valence-corrected chi connectivity index (χ2v) is 5.76. The van der Waals surface area contributed by atoms with Crippen LogP contribution in [0.3, 0.4) is 0 Å². The van der Waals surface area contributed by atoms with Crippen molar-refractivity contribution in [1.29, 1.82) is 0 Å². The van der Waals surface area contributed by atoms with E-state index in [1.807, 2.05) is 30.3 Å². The highest BCUT2D eigenvalue weighted by Gasteiger charge is 2.33. The van der Waals surface area contributed by atoms with Gasteiger partial charge in [0.2, 0.25) is 0 Å². The predicted octanol–water partition coefficient (Wildman–Crippen LogP) is 4.67. The standard InChI is InChI=1S/C20H16F3NO3/c1-2-26-17(25)12-16-18(13-8-10-15(11-9-13)20(21,22)23)24-27-19(16)14-6-4-3-5-7-14/h3-12,19H,2H2,1H3/b16-12-. The zero-order valence-corrected chi connectivity index (χ0v) is 14.4. The summed E-state index contributed by atoms with van der Waals surface area (Å²) >= 11 is 0. The highest BCUT2D eigenvalue weighted by atomic mass is 19.4. The number of halogens is 3. The summed E-state index contributed by atoms with van der Waals surface area (Å²) in [5.41, 5.74) is 1.14. The number of carbonyl (C=O) groups excluding carboxylic acids is 1. The van der Waals surface area contributed by atoms with Crippen LogP contribution in [0.2, 0.25) is 0 Å². The summed E-state index contributed by atoms with van der Waals surface area (Å²) < 4.78 is 43.3. The molecular weight excluding hydrogens is 359 g/mol. The molecule has 3 rings (SSSR count). The topological polar surface area (TPSA) is 47.9 Å². The fourth-order valence-corrected chi connectivity index (χ4v) is 2.70. The highest BCUT2D eigenvalue weighted by molar-refractivity contribution is 6.16. The van der Waals surface area contributed by atoms with Crippen LogP contribution in [0.4, 0.5) is 13.2 Å². The van der Waals surface area contributed by atoms with Gasteiger partial charge in [0.25, 0.3) is 0 Å². The van der Waals surface area contributed by atoms with Gasteiger partial charge >= 0.3 is 12.1 Å². The largest absolute Gasteiger partial charge is 0.463 e. The molecule has 4 nitrogen and oxygen atoms in total. The minimum absolute atomic E-state index is 0.201. The van der Waals surface area contributed by atoms with Gasteiger partial charge in [-0.3, -0.25) is 0 Å². The number of rotatable bonds is 4. The minimum atomic E-state index is -4.43. The molecule has 1 aliphatic rings. The average molecular weight is 375 g/mol. The molecule has 0 aliphatic carbocycles. The summed E-state index contributed by atoms with van der Waals surface area (Å²) in [7, 11) is 0. The summed E-state index contributed by atoms with van der Waals surface area (Å²) in [5.74, 6) is -0.571. The Labute approximate surface area is 153 Å². The molecule has 0 N–H and O–H groups in total. The first-order chi connectivity index (χ1) is 12.9.